The molecule has 0 saturated heterocycles. The summed E-state index contributed by atoms with van der Waals surface area (Å²) in [6.07, 6.45) is 1.90. The summed E-state index contributed by atoms with van der Waals surface area (Å²) in [4.78, 5) is 4.44. The first kappa shape index (κ1) is 11.5. The van der Waals surface area contributed by atoms with Gasteiger partial charge in [0.2, 0.25) is 0 Å². The highest BCUT2D eigenvalue weighted by molar-refractivity contribution is 6.14. The van der Waals surface area contributed by atoms with E-state index in [1.807, 2.05) is 6.20 Å². The van der Waals surface area contributed by atoms with E-state index in [0.717, 1.165) is 5.69 Å². The van der Waals surface area contributed by atoms with Crippen molar-refractivity contribution in [2.24, 2.45) is 7.05 Å². The van der Waals surface area contributed by atoms with Crippen molar-refractivity contribution in [2.75, 3.05) is 0 Å². The Morgan fingerprint density at radius 3 is 2.55 bits per heavy atom. The Bertz CT molecular complexity index is 977. The second-order valence-electron chi connectivity index (χ2n) is 5.47. The first-order valence-corrected chi connectivity index (χ1v) is 6.90. The van der Waals surface area contributed by atoms with Crippen LogP contribution in [0.15, 0.2) is 42.6 Å². The molecule has 2 heterocycles. The molecule has 0 radical (unpaired) electrons. The monoisotopic (exact) mass is 260 g/mol. The minimum atomic E-state index is 1.10. The Kier molecular flexibility index (Phi) is 2.19. The van der Waals surface area contributed by atoms with E-state index in [1.165, 1.54) is 38.1 Å². The normalized spacial score (nSPS) is 11.8. The smallest absolute Gasteiger partial charge is 0.0524 e. The summed E-state index contributed by atoms with van der Waals surface area (Å²) >= 11 is 0. The largest absolute Gasteiger partial charge is 0.343 e. The van der Waals surface area contributed by atoms with Crippen molar-refractivity contribution in [3.8, 4) is 0 Å². The lowest BCUT2D eigenvalue weighted by Crippen LogP contribution is -1.92. The van der Waals surface area contributed by atoms with E-state index in [1.54, 1.807) is 0 Å². The number of rotatable bonds is 0. The molecule has 0 aliphatic rings. The Morgan fingerprint density at radius 1 is 0.900 bits per heavy atom. The molecule has 0 N–H and O–H groups in total. The SMILES string of the molecule is Cc1nccc2c(C)c3c(cc12)c1ccccc1n3C. The van der Waals surface area contributed by atoms with Crippen molar-refractivity contribution < 1.29 is 0 Å². The van der Waals surface area contributed by atoms with Gasteiger partial charge in [0.1, 0.15) is 0 Å². The molecule has 0 atom stereocenters. The zero-order valence-corrected chi connectivity index (χ0v) is 11.9. The zero-order valence-electron chi connectivity index (χ0n) is 11.9. The highest BCUT2D eigenvalue weighted by Crippen LogP contribution is 2.35. The van der Waals surface area contributed by atoms with Crippen molar-refractivity contribution in [1.29, 1.82) is 0 Å². The summed E-state index contributed by atoms with van der Waals surface area (Å²) in [5, 5.41) is 5.20. The van der Waals surface area contributed by atoms with Gasteiger partial charge in [-0.25, -0.2) is 0 Å². The molecule has 0 amide bonds. The molecule has 0 saturated carbocycles. The molecular weight excluding hydrogens is 244 g/mol. The van der Waals surface area contributed by atoms with Crippen LogP contribution in [-0.2, 0) is 7.05 Å². The van der Waals surface area contributed by atoms with Crippen LogP contribution < -0.4 is 0 Å². The maximum atomic E-state index is 4.44. The fourth-order valence-electron chi connectivity index (χ4n) is 3.38. The lowest BCUT2D eigenvalue weighted by atomic mass is 10.0. The molecule has 0 spiro atoms. The molecule has 20 heavy (non-hydrogen) atoms. The molecule has 2 aromatic heterocycles. The average Bonchev–Trinajstić information content (AvgIpc) is 2.75. The molecule has 0 unspecified atom stereocenters. The number of para-hydroxylation sites is 1. The van der Waals surface area contributed by atoms with Gasteiger partial charge in [-0.3, -0.25) is 4.98 Å². The number of pyridine rings is 1. The van der Waals surface area contributed by atoms with Gasteiger partial charge in [-0.05, 0) is 43.0 Å². The van der Waals surface area contributed by atoms with Crippen molar-refractivity contribution in [3.05, 3.63) is 53.9 Å². The van der Waals surface area contributed by atoms with Gasteiger partial charge < -0.3 is 4.57 Å². The van der Waals surface area contributed by atoms with Crippen LogP contribution in [0.25, 0.3) is 32.6 Å². The standard InChI is InChI=1S/C18H16N2/c1-11-13-8-9-19-12(2)15(13)10-16-14-6-4-5-7-17(14)20(3)18(11)16/h4-10H,1-3H3. The van der Waals surface area contributed by atoms with Gasteiger partial charge in [0.25, 0.3) is 0 Å². The molecule has 2 aromatic carbocycles. The fourth-order valence-corrected chi connectivity index (χ4v) is 3.38. The maximum absolute atomic E-state index is 4.44. The lowest BCUT2D eigenvalue weighted by molar-refractivity contribution is 1.01. The first-order chi connectivity index (χ1) is 9.68. The van der Waals surface area contributed by atoms with E-state index >= 15 is 0 Å². The van der Waals surface area contributed by atoms with Gasteiger partial charge >= 0.3 is 0 Å². The highest BCUT2D eigenvalue weighted by Gasteiger charge is 2.13. The quantitative estimate of drug-likeness (QED) is 0.455. The summed E-state index contributed by atoms with van der Waals surface area (Å²) in [6, 6.07) is 13.0. The van der Waals surface area contributed by atoms with Crippen LogP contribution in [0.4, 0.5) is 0 Å². The van der Waals surface area contributed by atoms with Crippen LogP contribution in [0.1, 0.15) is 11.3 Å². The Balaban J connectivity index is 2.38. The average molecular weight is 260 g/mol. The minimum Gasteiger partial charge on any atom is -0.343 e. The molecular formula is C18H16N2. The number of hydrogen-bond donors (Lipinski definition) is 0. The third-order valence-corrected chi connectivity index (χ3v) is 4.38. The van der Waals surface area contributed by atoms with Gasteiger partial charge in [-0.1, -0.05) is 18.2 Å². The summed E-state index contributed by atoms with van der Waals surface area (Å²) in [5.41, 5.74) is 5.04. The highest BCUT2D eigenvalue weighted by atomic mass is 14.9. The number of hydrogen-bond acceptors (Lipinski definition) is 1. The van der Waals surface area contributed by atoms with Crippen LogP contribution in [-0.4, -0.2) is 9.55 Å². The summed E-state index contributed by atoms with van der Waals surface area (Å²) in [6.45, 7) is 4.29. The summed E-state index contributed by atoms with van der Waals surface area (Å²) in [5.74, 6) is 0. The molecule has 2 heteroatoms. The van der Waals surface area contributed by atoms with Crippen LogP contribution in [0.5, 0.6) is 0 Å². The van der Waals surface area contributed by atoms with Crippen LogP contribution in [0.3, 0.4) is 0 Å². The topological polar surface area (TPSA) is 17.8 Å². The number of aromatic nitrogens is 2. The fraction of sp³-hybridized carbons (Fsp3) is 0.167. The van der Waals surface area contributed by atoms with Gasteiger partial charge in [0.15, 0.2) is 0 Å². The van der Waals surface area contributed by atoms with Crippen LogP contribution >= 0.6 is 0 Å². The van der Waals surface area contributed by atoms with Gasteiger partial charge in [0.05, 0.1) is 5.52 Å². The number of fused-ring (bicyclic) bond motifs is 4. The molecule has 0 fully saturated rings. The zero-order chi connectivity index (χ0) is 13.9. The summed E-state index contributed by atoms with van der Waals surface area (Å²) in [7, 11) is 2.15. The first-order valence-electron chi connectivity index (χ1n) is 6.90. The Hall–Kier alpha value is -2.35. The van der Waals surface area contributed by atoms with Crippen molar-refractivity contribution >= 4 is 32.6 Å². The van der Waals surface area contributed by atoms with E-state index in [0.29, 0.717) is 0 Å². The molecule has 0 bridgehead atoms. The van der Waals surface area contributed by atoms with Crippen LogP contribution in [0.2, 0.25) is 0 Å². The van der Waals surface area contributed by atoms with E-state index in [-0.39, 0.29) is 0 Å². The molecule has 4 rings (SSSR count). The predicted octanol–water partition coefficient (Wildman–Crippen LogP) is 4.50. The molecule has 98 valence electrons. The number of nitrogens with zero attached hydrogens (tertiary/aromatic N) is 2. The van der Waals surface area contributed by atoms with Crippen molar-refractivity contribution in [3.63, 3.8) is 0 Å². The lowest BCUT2D eigenvalue weighted by Gasteiger charge is -2.08. The Morgan fingerprint density at radius 2 is 1.70 bits per heavy atom. The third-order valence-electron chi connectivity index (χ3n) is 4.38. The molecule has 4 aromatic rings. The predicted molar refractivity (Wildman–Crippen MR) is 85.2 cm³/mol. The molecule has 0 aliphatic carbocycles. The van der Waals surface area contributed by atoms with Gasteiger partial charge in [-0.2, -0.15) is 0 Å². The van der Waals surface area contributed by atoms with E-state index in [9.17, 15) is 0 Å². The van der Waals surface area contributed by atoms with Crippen molar-refractivity contribution in [2.45, 2.75) is 13.8 Å². The summed E-state index contributed by atoms with van der Waals surface area (Å²) < 4.78 is 2.30. The Labute approximate surface area is 117 Å². The minimum absolute atomic E-state index is 1.10. The maximum Gasteiger partial charge on any atom is 0.0524 e. The van der Waals surface area contributed by atoms with E-state index in [2.05, 4.69) is 66.8 Å². The van der Waals surface area contributed by atoms with E-state index < -0.39 is 0 Å². The number of aryl methyl sites for hydroxylation is 3. The molecule has 0 aliphatic heterocycles. The molecule has 2 nitrogen and oxygen atoms in total. The van der Waals surface area contributed by atoms with Crippen molar-refractivity contribution in [1.82, 2.24) is 9.55 Å². The van der Waals surface area contributed by atoms with Gasteiger partial charge in [0, 0.05) is 40.6 Å². The second-order valence-corrected chi connectivity index (χ2v) is 5.47. The second kappa shape index (κ2) is 3.83. The number of benzene rings is 2. The third kappa shape index (κ3) is 1.31. The van der Waals surface area contributed by atoms with E-state index in [4.69, 9.17) is 0 Å². The van der Waals surface area contributed by atoms with Gasteiger partial charge in [-0.15, -0.1) is 0 Å². The van der Waals surface area contributed by atoms with Crippen LogP contribution in [0, 0.1) is 13.8 Å².